The first-order chi connectivity index (χ1) is 22.3. The highest BCUT2D eigenvalue weighted by Gasteiger charge is 2.41. The van der Waals surface area contributed by atoms with Crippen LogP contribution in [0.2, 0.25) is 0 Å². The van der Waals surface area contributed by atoms with Crippen LogP contribution in [-0.4, -0.2) is 96.5 Å². The number of hydrogen-bond donors (Lipinski definition) is 3. The SMILES string of the molecule is CC[C@@](C)(OC(=O)CCCSC(C)=O)C(=O)[C@H](Cc1ccccc1)NC(=O)[C@H](COC)NC(=O)[C@H](COC)NC(=O)c1cnc(C)s1. The second kappa shape index (κ2) is 19.9. The molecule has 0 aliphatic carbocycles. The number of benzene rings is 1. The van der Waals surface area contributed by atoms with E-state index in [2.05, 4.69) is 20.9 Å². The number of aromatic nitrogens is 1. The van der Waals surface area contributed by atoms with Gasteiger partial charge in [-0.05, 0) is 38.7 Å². The molecule has 0 saturated heterocycles. The van der Waals surface area contributed by atoms with E-state index in [9.17, 15) is 28.8 Å². The molecule has 0 bridgehead atoms. The summed E-state index contributed by atoms with van der Waals surface area (Å²) in [5.41, 5.74) is -0.828. The molecular weight excluding hydrogens is 649 g/mol. The molecule has 0 radical (unpaired) electrons. The zero-order valence-electron chi connectivity index (χ0n) is 27.6. The number of rotatable bonds is 20. The summed E-state index contributed by atoms with van der Waals surface area (Å²) < 4.78 is 16.0. The molecule has 1 aromatic carbocycles. The predicted octanol–water partition coefficient (Wildman–Crippen LogP) is 2.40. The molecule has 0 unspecified atom stereocenters. The summed E-state index contributed by atoms with van der Waals surface area (Å²) in [4.78, 5) is 81.9. The molecule has 0 saturated carbocycles. The summed E-state index contributed by atoms with van der Waals surface area (Å²) in [5.74, 6) is -2.64. The van der Waals surface area contributed by atoms with Crippen LogP contribution in [0.3, 0.4) is 0 Å². The first kappa shape index (κ1) is 39.5. The van der Waals surface area contributed by atoms with Crippen LogP contribution >= 0.6 is 23.1 Å². The Morgan fingerprint density at radius 3 is 2.06 bits per heavy atom. The molecule has 15 heteroatoms. The third kappa shape index (κ3) is 13.2. The van der Waals surface area contributed by atoms with Crippen LogP contribution in [0.5, 0.6) is 0 Å². The lowest BCUT2D eigenvalue weighted by molar-refractivity contribution is -0.167. The number of hydrogen-bond acceptors (Lipinski definition) is 12. The fourth-order valence-corrected chi connectivity index (χ4v) is 5.66. The number of nitrogens with one attached hydrogen (secondary N) is 3. The smallest absolute Gasteiger partial charge is 0.306 e. The van der Waals surface area contributed by atoms with Gasteiger partial charge in [-0.3, -0.25) is 28.8 Å². The van der Waals surface area contributed by atoms with Crippen LogP contribution in [0.4, 0.5) is 0 Å². The van der Waals surface area contributed by atoms with E-state index in [0.717, 1.165) is 28.7 Å². The largest absolute Gasteiger partial charge is 0.451 e. The predicted molar refractivity (Wildman–Crippen MR) is 178 cm³/mol. The summed E-state index contributed by atoms with van der Waals surface area (Å²) in [6.45, 7) is 5.96. The third-order valence-electron chi connectivity index (χ3n) is 7.05. The van der Waals surface area contributed by atoms with Crippen molar-refractivity contribution in [2.24, 2.45) is 0 Å². The average Bonchev–Trinajstić information content (AvgIpc) is 3.48. The summed E-state index contributed by atoms with van der Waals surface area (Å²) in [5, 5.41) is 8.54. The minimum Gasteiger partial charge on any atom is -0.451 e. The van der Waals surface area contributed by atoms with Gasteiger partial charge in [0.1, 0.15) is 17.0 Å². The van der Waals surface area contributed by atoms with Crippen molar-refractivity contribution in [2.75, 3.05) is 33.2 Å². The topological polar surface area (TPSA) is 179 Å². The van der Waals surface area contributed by atoms with Gasteiger partial charge in [-0.1, -0.05) is 49.0 Å². The van der Waals surface area contributed by atoms with E-state index in [-0.39, 0.29) is 37.6 Å². The number of nitrogens with zero attached hydrogens (tertiary/aromatic N) is 1. The van der Waals surface area contributed by atoms with Crippen LogP contribution in [0.1, 0.15) is 60.3 Å². The molecule has 47 heavy (non-hydrogen) atoms. The molecule has 3 N–H and O–H groups in total. The standard InChI is InChI=1S/C32H44N4O9S2/c1-7-32(4,45-27(38)14-11-15-46-21(3)37)28(39)23(16-22-12-9-8-10-13-22)34-29(40)24(18-43-5)35-30(41)25(19-44-6)36-31(42)26-17-33-20(2)47-26/h8-10,12-13,17,23-25H,7,11,14-16,18-19H2,1-6H3,(H,34,40)(H,35,41)(H,36,42)/t23-,24-,25-,32+/m0/s1. The second-order valence-electron chi connectivity index (χ2n) is 10.9. The number of aryl methyl sites for hydroxylation is 1. The molecular formula is C32H44N4O9S2. The normalized spacial score (nSPS) is 14.2. The molecule has 1 aromatic heterocycles. The molecule has 2 aromatic rings. The average molecular weight is 693 g/mol. The molecule has 0 aliphatic rings. The Balaban J connectivity index is 2.24. The Kier molecular flexibility index (Phi) is 16.7. The van der Waals surface area contributed by atoms with E-state index < -0.39 is 53.2 Å². The second-order valence-corrected chi connectivity index (χ2v) is 13.4. The number of thiazole rings is 1. The van der Waals surface area contributed by atoms with Crippen LogP contribution in [0.25, 0.3) is 0 Å². The van der Waals surface area contributed by atoms with E-state index in [1.165, 1.54) is 34.3 Å². The van der Waals surface area contributed by atoms with Crippen molar-refractivity contribution in [3.05, 3.63) is 52.0 Å². The van der Waals surface area contributed by atoms with Crippen molar-refractivity contribution < 1.29 is 43.0 Å². The van der Waals surface area contributed by atoms with Gasteiger partial charge >= 0.3 is 5.97 Å². The van der Waals surface area contributed by atoms with Crippen molar-refractivity contribution in [3.63, 3.8) is 0 Å². The summed E-state index contributed by atoms with van der Waals surface area (Å²) >= 11 is 2.26. The maximum absolute atomic E-state index is 14.0. The zero-order valence-corrected chi connectivity index (χ0v) is 29.2. The van der Waals surface area contributed by atoms with Gasteiger partial charge in [0.25, 0.3) is 5.91 Å². The van der Waals surface area contributed by atoms with Crippen LogP contribution < -0.4 is 16.0 Å². The summed E-state index contributed by atoms with van der Waals surface area (Å²) in [6, 6.07) is 5.45. The van der Waals surface area contributed by atoms with Crippen molar-refractivity contribution in [1.29, 1.82) is 0 Å². The van der Waals surface area contributed by atoms with Gasteiger partial charge < -0.3 is 30.2 Å². The molecule has 0 aliphatic heterocycles. The van der Waals surface area contributed by atoms with Gasteiger partial charge in [-0.2, -0.15) is 0 Å². The zero-order chi connectivity index (χ0) is 35.0. The van der Waals surface area contributed by atoms with Gasteiger partial charge in [0.05, 0.1) is 30.5 Å². The Morgan fingerprint density at radius 2 is 1.53 bits per heavy atom. The number of thioether (sulfide) groups is 1. The van der Waals surface area contributed by atoms with Gasteiger partial charge in [0.15, 0.2) is 16.5 Å². The highest BCUT2D eigenvalue weighted by atomic mass is 32.2. The Hall–Kier alpha value is -3.66. The number of methoxy groups -OCH3 is 2. The summed E-state index contributed by atoms with van der Waals surface area (Å²) in [7, 11) is 2.72. The quantitative estimate of drug-likeness (QED) is 0.137. The number of amides is 3. The molecule has 13 nitrogen and oxygen atoms in total. The number of carbonyl (C=O) groups excluding carboxylic acids is 6. The number of ether oxygens (including phenoxy) is 3. The molecule has 0 fully saturated rings. The van der Waals surface area contributed by atoms with Gasteiger partial charge in [0.2, 0.25) is 11.8 Å². The molecule has 3 amide bonds. The Bertz CT molecular complexity index is 1370. The fourth-order valence-electron chi connectivity index (χ4n) is 4.40. The Labute approximate surface area is 283 Å². The lowest BCUT2D eigenvalue weighted by Crippen LogP contribution is -2.60. The minimum atomic E-state index is -1.57. The maximum Gasteiger partial charge on any atom is 0.306 e. The van der Waals surface area contributed by atoms with Gasteiger partial charge in [0, 0.05) is 33.3 Å². The number of esters is 1. The lowest BCUT2D eigenvalue weighted by Gasteiger charge is -2.32. The van der Waals surface area contributed by atoms with E-state index in [1.54, 1.807) is 38.1 Å². The molecule has 4 atom stereocenters. The first-order valence-corrected chi connectivity index (χ1v) is 16.9. The van der Waals surface area contributed by atoms with Crippen molar-refractivity contribution in [2.45, 2.75) is 77.1 Å². The maximum atomic E-state index is 14.0. The Morgan fingerprint density at radius 1 is 0.936 bits per heavy atom. The van der Waals surface area contributed by atoms with Crippen LogP contribution in [0, 0.1) is 6.92 Å². The summed E-state index contributed by atoms with van der Waals surface area (Å²) in [6.07, 6.45) is 2.03. The van der Waals surface area contributed by atoms with Gasteiger partial charge in [-0.25, -0.2) is 4.98 Å². The van der Waals surface area contributed by atoms with Crippen LogP contribution in [0.15, 0.2) is 36.5 Å². The number of Topliss-reactive ketones (excluding diaryl/α,β-unsaturated/α-hetero) is 1. The first-order valence-electron chi connectivity index (χ1n) is 15.1. The van der Waals surface area contributed by atoms with E-state index in [0.29, 0.717) is 22.1 Å². The highest BCUT2D eigenvalue weighted by molar-refractivity contribution is 8.13. The van der Waals surface area contributed by atoms with Crippen LogP contribution in [-0.2, 0) is 44.6 Å². The molecule has 1 heterocycles. The van der Waals surface area contributed by atoms with Crippen molar-refractivity contribution in [1.82, 2.24) is 20.9 Å². The van der Waals surface area contributed by atoms with E-state index in [1.807, 2.05) is 6.07 Å². The monoisotopic (exact) mass is 692 g/mol. The van der Waals surface area contributed by atoms with Crippen molar-refractivity contribution in [3.8, 4) is 0 Å². The number of ketones is 1. The number of carbonyl (C=O) groups is 6. The van der Waals surface area contributed by atoms with E-state index in [4.69, 9.17) is 14.2 Å². The fraction of sp³-hybridized carbons (Fsp3) is 0.531. The molecule has 2 rings (SSSR count). The highest BCUT2D eigenvalue weighted by Crippen LogP contribution is 2.22. The van der Waals surface area contributed by atoms with Gasteiger partial charge in [-0.15, -0.1) is 11.3 Å². The van der Waals surface area contributed by atoms with E-state index >= 15 is 0 Å². The molecule has 258 valence electrons. The minimum absolute atomic E-state index is 0.0165. The van der Waals surface area contributed by atoms with Crippen molar-refractivity contribution >= 4 is 57.7 Å². The molecule has 0 spiro atoms. The third-order valence-corrected chi connectivity index (χ3v) is 8.86. The lowest BCUT2D eigenvalue weighted by atomic mass is 9.88.